The van der Waals surface area contributed by atoms with E-state index in [0.29, 0.717) is 0 Å². The van der Waals surface area contributed by atoms with Gasteiger partial charge in [-0.3, -0.25) is 0 Å². The quantitative estimate of drug-likeness (QED) is 0.172. The Morgan fingerprint density at radius 3 is 1.90 bits per heavy atom. The Morgan fingerprint density at radius 1 is 0.529 bits per heavy atom. The molecule has 0 aromatic heterocycles. The second-order valence-corrected chi connectivity index (χ2v) is 14.5. The molecule has 0 atom stereocenters. The van der Waals surface area contributed by atoms with Crippen molar-refractivity contribution in [2.24, 2.45) is 0 Å². The number of para-hydroxylation sites is 1. The summed E-state index contributed by atoms with van der Waals surface area (Å²) in [6.07, 6.45) is 5.37. The molecule has 7 aromatic rings. The summed E-state index contributed by atoms with van der Waals surface area (Å²) in [5.74, 6) is 0. The van der Waals surface area contributed by atoms with E-state index in [0.717, 1.165) is 17.8 Å². The van der Waals surface area contributed by atoms with Crippen molar-refractivity contribution in [3.05, 3.63) is 192 Å². The molecule has 0 fully saturated rings. The summed E-state index contributed by atoms with van der Waals surface area (Å²) in [6.45, 7) is 9.09. The van der Waals surface area contributed by atoms with Crippen LogP contribution in [0.3, 0.4) is 0 Å². The molecule has 1 nitrogen and oxygen atoms in total. The molecule has 0 amide bonds. The standard InChI is InChI=1S/C50H41N/c1-5-14-41-33(2)50(3,4)49-31-40(26-28-45(41)49)51(38-17-10-7-11-18-38)39-24-21-34(22-25-39)36-23-27-42-37(29-36)30-47-44-20-13-12-19-43(44)46(32-48(42)47)35-15-8-6-9-16-35/h5-29,31-32H,30H2,1-4H3/b14-5-. The lowest BCUT2D eigenvalue weighted by atomic mass is 9.82. The van der Waals surface area contributed by atoms with Crippen molar-refractivity contribution in [3.8, 4) is 33.4 Å². The summed E-state index contributed by atoms with van der Waals surface area (Å²) in [5, 5.41) is 2.68. The van der Waals surface area contributed by atoms with Crippen LogP contribution >= 0.6 is 0 Å². The number of anilines is 3. The van der Waals surface area contributed by atoms with Gasteiger partial charge in [0, 0.05) is 22.5 Å². The highest BCUT2D eigenvalue weighted by atomic mass is 15.1. The third kappa shape index (κ3) is 5.07. The van der Waals surface area contributed by atoms with Crippen molar-refractivity contribution < 1.29 is 0 Å². The minimum Gasteiger partial charge on any atom is -0.310 e. The maximum Gasteiger partial charge on any atom is 0.0465 e. The Morgan fingerprint density at radius 2 is 1.16 bits per heavy atom. The second-order valence-electron chi connectivity index (χ2n) is 14.5. The van der Waals surface area contributed by atoms with Crippen LogP contribution in [-0.2, 0) is 11.8 Å². The van der Waals surface area contributed by atoms with E-state index in [4.69, 9.17) is 0 Å². The van der Waals surface area contributed by atoms with E-state index in [-0.39, 0.29) is 5.41 Å². The third-order valence-electron chi connectivity index (χ3n) is 11.4. The molecule has 51 heavy (non-hydrogen) atoms. The molecular weight excluding hydrogens is 615 g/mol. The lowest BCUT2D eigenvalue weighted by Gasteiger charge is -2.28. The van der Waals surface area contributed by atoms with E-state index in [1.165, 1.54) is 83.2 Å². The molecule has 7 aromatic carbocycles. The predicted octanol–water partition coefficient (Wildman–Crippen LogP) is 13.9. The highest BCUT2D eigenvalue weighted by Gasteiger charge is 2.35. The number of benzene rings is 7. The molecule has 246 valence electrons. The fourth-order valence-electron chi connectivity index (χ4n) is 8.47. The molecule has 0 heterocycles. The van der Waals surface area contributed by atoms with Gasteiger partial charge in [0.1, 0.15) is 0 Å². The van der Waals surface area contributed by atoms with Crippen LogP contribution in [0.5, 0.6) is 0 Å². The topological polar surface area (TPSA) is 3.24 Å². The molecule has 0 saturated carbocycles. The summed E-state index contributed by atoms with van der Waals surface area (Å²) >= 11 is 0. The van der Waals surface area contributed by atoms with Gasteiger partial charge in [0.15, 0.2) is 0 Å². The summed E-state index contributed by atoms with van der Waals surface area (Å²) in [4.78, 5) is 2.39. The second kappa shape index (κ2) is 12.1. The monoisotopic (exact) mass is 655 g/mol. The Bertz CT molecular complexity index is 2510. The highest BCUT2D eigenvalue weighted by molar-refractivity contribution is 6.04. The molecule has 0 N–H and O–H groups in total. The molecule has 0 spiro atoms. The van der Waals surface area contributed by atoms with Crippen molar-refractivity contribution in [2.45, 2.75) is 39.5 Å². The first kappa shape index (κ1) is 31.1. The Balaban J connectivity index is 1.08. The zero-order valence-corrected chi connectivity index (χ0v) is 29.7. The van der Waals surface area contributed by atoms with Crippen LogP contribution in [0, 0.1) is 0 Å². The van der Waals surface area contributed by atoms with Crippen molar-refractivity contribution >= 4 is 33.4 Å². The average molecular weight is 656 g/mol. The van der Waals surface area contributed by atoms with Crippen molar-refractivity contribution in [2.75, 3.05) is 4.90 Å². The minimum absolute atomic E-state index is 0.0327. The molecule has 0 aliphatic heterocycles. The normalized spacial score (nSPS) is 14.2. The molecular formula is C50H41N. The number of hydrogen-bond acceptors (Lipinski definition) is 1. The van der Waals surface area contributed by atoms with Crippen molar-refractivity contribution in [3.63, 3.8) is 0 Å². The first-order valence-electron chi connectivity index (χ1n) is 18.1. The van der Waals surface area contributed by atoms with Gasteiger partial charge >= 0.3 is 0 Å². The van der Waals surface area contributed by atoms with Gasteiger partial charge in [-0.15, -0.1) is 0 Å². The number of fused-ring (bicyclic) bond motifs is 6. The molecule has 1 heteroatoms. The van der Waals surface area contributed by atoms with Crippen LogP contribution in [0.4, 0.5) is 17.1 Å². The highest BCUT2D eigenvalue weighted by Crippen LogP contribution is 2.49. The molecule has 0 bridgehead atoms. The number of hydrogen-bond donors (Lipinski definition) is 0. The zero-order chi connectivity index (χ0) is 34.7. The predicted molar refractivity (Wildman–Crippen MR) is 218 cm³/mol. The smallest absolute Gasteiger partial charge is 0.0465 e. The van der Waals surface area contributed by atoms with Gasteiger partial charge in [0.25, 0.3) is 0 Å². The van der Waals surface area contributed by atoms with Crippen LogP contribution in [-0.4, -0.2) is 0 Å². The van der Waals surface area contributed by atoms with Crippen LogP contribution < -0.4 is 4.90 Å². The van der Waals surface area contributed by atoms with Gasteiger partial charge in [0.2, 0.25) is 0 Å². The maximum absolute atomic E-state index is 2.42. The lowest BCUT2D eigenvalue weighted by Crippen LogP contribution is -2.17. The molecule has 0 saturated heterocycles. The van der Waals surface area contributed by atoms with Gasteiger partial charge in [-0.2, -0.15) is 0 Å². The summed E-state index contributed by atoms with van der Waals surface area (Å²) < 4.78 is 0. The first-order valence-corrected chi connectivity index (χ1v) is 18.1. The van der Waals surface area contributed by atoms with Crippen molar-refractivity contribution in [1.82, 2.24) is 0 Å². The third-order valence-corrected chi connectivity index (χ3v) is 11.4. The van der Waals surface area contributed by atoms with Crippen LogP contribution in [0.1, 0.15) is 49.9 Å². The summed E-state index contributed by atoms with van der Waals surface area (Å²) in [6, 6.07) is 56.0. The van der Waals surface area contributed by atoms with Crippen LogP contribution in [0.15, 0.2) is 169 Å². The number of allylic oxidation sites excluding steroid dienone is 4. The number of rotatable bonds is 6. The fraction of sp³-hybridized carbons (Fsp3) is 0.120. The van der Waals surface area contributed by atoms with Gasteiger partial charge < -0.3 is 4.90 Å². The largest absolute Gasteiger partial charge is 0.310 e. The average Bonchev–Trinajstić information content (AvgIpc) is 3.63. The molecule has 9 rings (SSSR count). The number of nitrogens with zero attached hydrogens (tertiary/aromatic N) is 1. The van der Waals surface area contributed by atoms with Crippen LogP contribution in [0.2, 0.25) is 0 Å². The Hall–Kier alpha value is -5.92. The van der Waals surface area contributed by atoms with Gasteiger partial charge in [-0.1, -0.05) is 141 Å². The summed E-state index contributed by atoms with van der Waals surface area (Å²) in [5.41, 5.74) is 19.5. The fourth-order valence-corrected chi connectivity index (χ4v) is 8.47. The summed E-state index contributed by atoms with van der Waals surface area (Å²) in [7, 11) is 0. The van der Waals surface area contributed by atoms with E-state index < -0.39 is 0 Å². The van der Waals surface area contributed by atoms with E-state index >= 15 is 0 Å². The Labute approximate surface area is 301 Å². The van der Waals surface area contributed by atoms with Crippen LogP contribution in [0.25, 0.3) is 49.7 Å². The van der Waals surface area contributed by atoms with E-state index in [1.807, 2.05) is 0 Å². The van der Waals surface area contributed by atoms with E-state index in [1.54, 1.807) is 0 Å². The van der Waals surface area contributed by atoms with E-state index in [9.17, 15) is 0 Å². The maximum atomic E-state index is 2.42. The van der Waals surface area contributed by atoms with Gasteiger partial charge in [-0.05, 0) is 135 Å². The molecule has 2 aliphatic carbocycles. The van der Waals surface area contributed by atoms with Gasteiger partial charge in [0.05, 0.1) is 0 Å². The lowest BCUT2D eigenvalue weighted by molar-refractivity contribution is 0.639. The first-order chi connectivity index (χ1) is 24.9. The molecule has 2 aliphatic rings. The minimum atomic E-state index is -0.0327. The molecule has 0 unspecified atom stereocenters. The van der Waals surface area contributed by atoms with Crippen molar-refractivity contribution in [1.29, 1.82) is 0 Å². The zero-order valence-electron chi connectivity index (χ0n) is 29.7. The SMILES string of the molecule is C/C=C\C1=C(C)C(C)(C)c2cc(N(c3ccccc3)c3ccc(-c4ccc5c(c4)Cc4c-5cc(-c5ccccc5)c5ccccc45)cc3)ccc21. The van der Waals surface area contributed by atoms with Gasteiger partial charge in [-0.25, -0.2) is 0 Å². The van der Waals surface area contributed by atoms with E-state index in [2.05, 4.69) is 196 Å². The Kier molecular flexibility index (Phi) is 7.40. The molecule has 0 radical (unpaired) electrons.